The fourth-order valence-corrected chi connectivity index (χ4v) is 5.41. The molecular weight excluding hydrogens is 468 g/mol. The fourth-order valence-electron chi connectivity index (χ4n) is 4.03. The lowest BCUT2D eigenvalue weighted by molar-refractivity contribution is 0.0315. The summed E-state index contributed by atoms with van der Waals surface area (Å²) in [5.41, 5.74) is 9.96. The molecule has 1 fully saturated rings. The van der Waals surface area contributed by atoms with Gasteiger partial charge in [0.15, 0.2) is 0 Å². The first kappa shape index (κ1) is 24.5. The van der Waals surface area contributed by atoms with Crippen LogP contribution in [0.3, 0.4) is 0 Å². The smallest absolute Gasteiger partial charge is 0.146 e. The summed E-state index contributed by atoms with van der Waals surface area (Å²) in [4.78, 5) is 14.5. The highest BCUT2D eigenvalue weighted by molar-refractivity contribution is 7.99. The first-order valence-electron chi connectivity index (χ1n) is 11.4. The van der Waals surface area contributed by atoms with E-state index in [1.165, 1.54) is 12.6 Å². The molecule has 1 atom stereocenters. The minimum atomic E-state index is 0.271. The third-order valence-corrected chi connectivity index (χ3v) is 7.26. The van der Waals surface area contributed by atoms with Crippen molar-refractivity contribution in [2.24, 2.45) is 10.7 Å². The molecular formula is C26H29ClN4O2S. The summed E-state index contributed by atoms with van der Waals surface area (Å²) in [5.74, 6) is 1.57. The average Bonchev–Trinajstić information content (AvgIpc) is 2.85. The van der Waals surface area contributed by atoms with E-state index in [9.17, 15) is 0 Å². The van der Waals surface area contributed by atoms with Crippen molar-refractivity contribution in [3.05, 3.63) is 70.8 Å². The average molecular weight is 497 g/mol. The Labute approximate surface area is 209 Å². The predicted octanol–water partition coefficient (Wildman–Crippen LogP) is 5.72. The maximum Gasteiger partial charge on any atom is 0.146 e. The van der Waals surface area contributed by atoms with Crippen LogP contribution in [0.25, 0.3) is 10.9 Å². The van der Waals surface area contributed by atoms with Crippen molar-refractivity contribution in [3.63, 3.8) is 0 Å². The first-order valence-corrected chi connectivity index (χ1v) is 12.7. The number of benzene rings is 1. The van der Waals surface area contributed by atoms with Gasteiger partial charge in [0, 0.05) is 58.9 Å². The lowest BCUT2D eigenvalue weighted by Crippen LogP contribution is -2.21. The molecule has 34 heavy (non-hydrogen) atoms. The number of hydrogen-bond acceptors (Lipinski definition) is 7. The second kappa shape index (κ2) is 11.7. The first-order chi connectivity index (χ1) is 16.6. The minimum absolute atomic E-state index is 0.271. The van der Waals surface area contributed by atoms with Gasteiger partial charge in [0.1, 0.15) is 17.9 Å². The Hall–Kier alpha value is -2.61. The molecule has 0 saturated carbocycles. The highest BCUT2D eigenvalue weighted by Crippen LogP contribution is 2.33. The number of ether oxygens (including phenoxy) is 2. The van der Waals surface area contributed by atoms with Crippen LogP contribution in [-0.2, 0) is 11.3 Å². The number of halogens is 1. The molecule has 4 rings (SSSR count). The lowest BCUT2D eigenvalue weighted by Gasteiger charge is -2.22. The predicted molar refractivity (Wildman–Crippen MR) is 140 cm³/mol. The topological polar surface area (TPSA) is 82.6 Å². The summed E-state index contributed by atoms with van der Waals surface area (Å²) in [7, 11) is 1.75. The number of allylic oxidation sites excluding steroid dienone is 1. The molecule has 2 N–H and O–H groups in total. The van der Waals surface area contributed by atoms with Crippen LogP contribution in [0.1, 0.15) is 36.1 Å². The van der Waals surface area contributed by atoms with Gasteiger partial charge in [-0.2, -0.15) is 0 Å². The van der Waals surface area contributed by atoms with E-state index in [4.69, 9.17) is 31.8 Å². The van der Waals surface area contributed by atoms with E-state index < -0.39 is 0 Å². The molecule has 0 bridgehead atoms. The molecule has 1 aliphatic rings. The number of thioether (sulfide) groups is 1. The SMILES string of the molecule is CN=C(/C=C\N)c1cc(C)nc2c(OCc3c(Cl)cncc3SCC3CCCCO3)cccc12. The van der Waals surface area contributed by atoms with Gasteiger partial charge in [-0.15, -0.1) is 11.8 Å². The monoisotopic (exact) mass is 496 g/mol. The molecule has 3 heterocycles. The van der Waals surface area contributed by atoms with Crippen molar-refractivity contribution in [2.45, 2.75) is 43.8 Å². The molecule has 0 aliphatic carbocycles. The van der Waals surface area contributed by atoms with E-state index in [-0.39, 0.29) is 6.10 Å². The summed E-state index contributed by atoms with van der Waals surface area (Å²) in [6.45, 7) is 3.12. The van der Waals surface area contributed by atoms with Crippen LogP contribution in [0, 0.1) is 6.92 Å². The van der Waals surface area contributed by atoms with Crippen LogP contribution in [-0.4, -0.2) is 41.2 Å². The van der Waals surface area contributed by atoms with E-state index in [1.807, 2.05) is 37.4 Å². The normalized spacial score (nSPS) is 16.9. The molecule has 1 aromatic carbocycles. The quantitative estimate of drug-likeness (QED) is 0.317. The minimum Gasteiger partial charge on any atom is -0.487 e. The lowest BCUT2D eigenvalue weighted by atomic mass is 10.0. The highest BCUT2D eigenvalue weighted by Gasteiger charge is 2.17. The Morgan fingerprint density at radius 2 is 2.24 bits per heavy atom. The summed E-state index contributed by atoms with van der Waals surface area (Å²) in [6.07, 6.45) is 10.5. The standard InChI is InChI=1S/C26H29ClN4O2S/c1-17-12-20(23(29-2)9-10-28)19-7-5-8-24(26(19)31-17)33-15-21-22(27)13-30-14-25(21)34-16-18-6-3-4-11-32-18/h5,7-10,12-14,18H,3-4,6,11,15-16,28H2,1-2H3/b10-9-,29-23?. The van der Waals surface area contributed by atoms with E-state index in [0.29, 0.717) is 17.4 Å². The van der Waals surface area contributed by atoms with Crippen LogP contribution in [0.2, 0.25) is 5.02 Å². The molecule has 1 saturated heterocycles. The van der Waals surface area contributed by atoms with Crippen molar-refractivity contribution in [3.8, 4) is 5.75 Å². The van der Waals surface area contributed by atoms with E-state index >= 15 is 0 Å². The van der Waals surface area contributed by atoms with Crippen LogP contribution < -0.4 is 10.5 Å². The molecule has 0 spiro atoms. The van der Waals surface area contributed by atoms with Crippen molar-refractivity contribution < 1.29 is 9.47 Å². The zero-order valence-electron chi connectivity index (χ0n) is 19.5. The van der Waals surface area contributed by atoms with Crippen LogP contribution >= 0.6 is 23.4 Å². The summed E-state index contributed by atoms with van der Waals surface area (Å²) in [6, 6.07) is 7.92. The summed E-state index contributed by atoms with van der Waals surface area (Å²) in [5, 5.41) is 1.54. The summed E-state index contributed by atoms with van der Waals surface area (Å²) < 4.78 is 12.2. The van der Waals surface area contributed by atoms with Crippen LogP contribution in [0.4, 0.5) is 0 Å². The van der Waals surface area contributed by atoms with Crippen molar-refractivity contribution in [1.29, 1.82) is 0 Å². The van der Waals surface area contributed by atoms with Gasteiger partial charge in [-0.05, 0) is 50.6 Å². The number of aryl methyl sites for hydroxylation is 1. The van der Waals surface area contributed by atoms with E-state index in [1.54, 1.807) is 31.1 Å². The maximum absolute atomic E-state index is 6.54. The third kappa shape index (κ3) is 5.71. The number of nitrogens with two attached hydrogens (primary N) is 1. The van der Waals surface area contributed by atoms with Gasteiger partial charge in [0.05, 0.1) is 16.8 Å². The highest BCUT2D eigenvalue weighted by atomic mass is 35.5. The second-order valence-corrected chi connectivity index (χ2v) is 9.59. The largest absolute Gasteiger partial charge is 0.487 e. The van der Waals surface area contributed by atoms with E-state index in [2.05, 4.69) is 9.98 Å². The zero-order valence-corrected chi connectivity index (χ0v) is 21.0. The molecule has 1 aliphatic heterocycles. The molecule has 3 aromatic rings. The van der Waals surface area contributed by atoms with Gasteiger partial charge in [0.2, 0.25) is 0 Å². The number of aromatic nitrogens is 2. The zero-order chi connectivity index (χ0) is 23.9. The Kier molecular flexibility index (Phi) is 8.43. The van der Waals surface area contributed by atoms with E-state index in [0.717, 1.165) is 63.5 Å². The van der Waals surface area contributed by atoms with Gasteiger partial charge < -0.3 is 15.2 Å². The number of rotatable bonds is 8. The van der Waals surface area contributed by atoms with Gasteiger partial charge in [0.25, 0.3) is 0 Å². The molecule has 1 unspecified atom stereocenters. The van der Waals surface area contributed by atoms with Crippen molar-refractivity contribution >= 4 is 40.0 Å². The Morgan fingerprint density at radius 1 is 1.35 bits per heavy atom. The third-order valence-electron chi connectivity index (χ3n) is 5.74. The number of fused-ring (bicyclic) bond motifs is 1. The molecule has 6 nitrogen and oxygen atoms in total. The molecule has 2 aromatic heterocycles. The fraction of sp³-hybridized carbons (Fsp3) is 0.346. The van der Waals surface area contributed by atoms with Gasteiger partial charge in [-0.3, -0.25) is 9.98 Å². The Bertz CT molecular complexity index is 1210. The molecule has 8 heteroatoms. The second-order valence-electron chi connectivity index (χ2n) is 8.12. The number of para-hydroxylation sites is 1. The van der Waals surface area contributed by atoms with Crippen molar-refractivity contribution in [1.82, 2.24) is 9.97 Å². The molecule has 178 valence electrons. The van der Waals surface area contributed by atoms with Gasteiger partial charge >= 0.3 is 0 Å². The molecule has 0 amide bonds. The Morgan fingerprint density at radius 3 is 3.00 bits per heavy atom. The number of nitrogens with zero attached hydrogens (tertiary/aromatic N) is 3. The van der Waals surface area contributed by atoms with Gasteiger partial charge in [-0.1, -0.05) is 23.7 Å². The summed E-state index contributed by atoms with van der Waals surface area (Å²) >= 11 is 8.26. The van der Waals surface area contributed by atoms with Crippen molar-refractivity contribution in [2.75, 3.05) is 19.4 Å². The van der Waals surface area contributed by atoms with Crippen LogP contribution in [0.5, 0.6) is 5.75 Å². The van der Waals surface area contributed by atoms with Gasteiger partial charge in [-0.25, -0.2) is 4.98 Å². The maximum atomic E-state index is 6.54. The van der Waals surface area contributed by atoms with Crippen LogP contribution in [0.15, 0.2) is 58.8 Å². The Balaban J connectivity index is 1.60. The number of aliphatic imine (C=N–C) groups is 1. The number of hydrogen-bond donors (Lipinski definition) is 1. The molecule has 0 radical (unpaired) electrons. The number of pyridine rings is 2.